The van der Waals surface area contributed by atoms with E-state index in [0.717, 1.165) is 4.31 Å². The molecule has 116 valence electrons. The maximum atomic E-state index is 12.0. The number of piperidine rings is 1. The number of carboxylic acids is 1. The molecule has 0 aromatic carbocycles. The van der Waals surface area contributed by atoms with Crippen molar-refractivity contribution in [3.05, 3.63) is 0 Å². The molecule has 20 heavy (non-hydrogen) atoms. The third-order valence-corrected chi connectivity index (χ3v) is 4.49. The molecule has 1 aliphatic heterocycles. The summed E-state index contributed by atoms with van der Waals surface area (Å²) in [5.74, 6) is -1.05. The van der Waals surface area contributed by atoms with E-state index in [-0.39, 0.29) is 13.1 Å². The molecule has 1 unspecified atom stereocenters. The molecule has 1 rings (SSSR count). The van der Waals surface area contributed by atoms with Crippen LogP contribution in [-0.2, 0) is 19.7 Å². The predicted octanol–water partition coefficient (Wildman–Crippen LogP) is 0.552. The van der Waals surface area contributed by atoms with Crippen molar-refractivity contribution in [3.8, 4) is 0 Å². The molecule has 9 heteroatoms. The number of carbonyl (C=O) groups excluding carboxylic acids is 1. The standard InChI is InChI=1S/C11H20N2O6S/c1-8(2)19-10(16)12-20(17,18)13-6-4-5-11(3,7-13)9(14)15/h8H,4-7H2,1-3H3,(H,12,16)(H,14,15). The van der Waals surface area contributed by atoms with Gasteiger partial charge in [-0.1, -0.05) is 0 Å². The van der Waals surface area contributed by atoms with E-state index in [9.17, 15) is 18.0 Å². The average Bonchev–Trinajstić information content (AvgIpc) is 2.26. The van der Waals surface area contributed by atoms with Crippen LogP contribution in [-0.4, -0.2) is 49.1 Å². The SMILES string of the molecule is CC(C)OC(=O)NS(=O)(=O)N1CCCC(C)(C(=O)O)C1. The summed E-state index contributed by atoms with van der Waals surface area (Å²) in [5, 5.41) is 9.15. The Balaban J connectivity index is 2.77. The van der Waals surface area contributed by atoms with E-state index in [0.29, 0.717) is 12.8 Å². The first-order chi connectivity index (χ1) is 9.07. The molecular weight excluding hydrogens is 288 g/mol. The molecule has 0 aliphatic carbocycles. The van der Waals surface area contributed by atoms with Crippen molar-refractivity contribution in [2.45, 2.75) is 39.7 Å². The number of aliphatic carboxylic acids is 1. The number of nitrogens with zero attached hydrogens (tertiary/aromatic N) is 1. The topological polar surface area (TPSA) is 113 Å². The van der Waals surface area contributed by atoms with Gasteiger partial charge >= 0.3 is 22.3 Å². The number of hydrogen-bond donors (Lipinski definition) is 2. The van der Waals surface area contributed by atoms with Gasteiger partial charge in [0.15, 0.2) is 0 Å². The summed E-state index contributed by atoms with van der Waals surface area (Å²) in [6, 6.07) is 0. The second-order valence-corrected chi connectivity index (χ2v) is 7.03. The fourth-order valence-corrected chi connectivity index (χ4v) is 3.19. The number of ether oxygens (including phenoxy) is 1. The van der Waals surface area contributed by atoms with Gasteiger partial charge in [-0.2, -0.15) is 12.7 Å². The van der Waals surface area contributed by atoms with Crippen LogP contribution in [0.15, 0.2) is 0 Å². The lowest BCUT2D eigenvalue weighted by Crippen LogP contribution is -2.52. The molecule has 8 nitrogen and oxygen atoms in total. The number of hydrogen-bond acceptors (Lipinski definition) is 5. The Bertz CT molecular complexity index is 489. The van der Waals surface area contributed by atoms with Crippen molar-refractivity contribution in [1.29, 1.82) is 0 Å². The van der Waals surface area contributed by atoms with Gasteiger partial charge in [0.2, 0.25) is 0 Å². The second kappa shape index (κ2) is 5.96. The van der Waals surface area contributed by atoms with E-state index in [1.807, 2.05) is 0 Å². The van der Waals surface area contributed by atoms with Gasteiger partial charge in [-0.05, 0) is 33.6 Å². The van der Waals surface area contributed by atoms with E-state index in [1.165, 1.54) is 6.92 Å². The van der Waals surface area contributed by atoms with Gasteiger partial charge in [-0.3, -0.25) is 4.79 Å². The molecular formula is C11H20N2O6S. The molecule has 1 heterocycles. The van der Waals surface area contributed by atoms with Crippen LogP contribution in [0.25, 0.3) is 0 Å². The summed E-state index contributed by atoms with van der Waals surface area (Å²) < 4.78 is 31.5. The summed E-state index contributed by atoms with van der Waals surface area (Å²) in [5.41, 5.74) is -1.14. The Hall–Kier alpha value is -1.35. The van der Waals surface area contributed by atoms with E-state index < -0.39 is 33.8 Å². The smallest absolute Gasteiger partial charge is 0.422 e. The zero-order valence-electron chi connectivity index (χ0n) is 11.7. The van der Waals surface area contributed by atoms with E-state index in [2.05, 4.69) is 0 Å². The van der Waals surface area contributed by atoms with Crippen LogP contribution in [0.2, 0.25) is 0 Å². The van der Waals surface area contributed by atoms with Crippen molar-refractivity contribution >= 4 is 22.3 Å². The quantitative estimate of drug-likeness (QED) is 0.784. The van der Waals surface area contributed by atoms with E-state index >= 15 is 0 Å². The maximum absolute atomic E-state index is 12.0. The molecule has 2 N–H and O–H groups in total. The summed E-state index contributed by atoms with van der Waals surface area (Å²) >= 11 is 0. The van der Waals surface area contributed by atoms with Crippen LogP contribution in [0, 0.1) is 5.41 Å². The van der Waals surface area contributed by atoms with Crippen molar-refractivity contribution < 1.29 is 27.9 Å². The maximum Gasteiger partial charge on any atom is 0.422 e. The zero-order chi connectivity index (χ0) is 15.6. The number of rotatable bonds is 4. The van der Waals surface area contributed by atoms with E-state index in [4.69, 9.17) is 9.84 Å². The number of carboxylic acid groups (broad SMARTS) is 1. The summed E-state index contributed by atoms with van der Waals surface area (Å²) in [4.78, 5) is 22.5. The lowest BCUT2D eigenvalue weighted by molar-refractivity contribution is -0.150. The normalized spacial score (nSPS) is 24.4. The van der Waals surface area contributed by atoms with Gasteiger partial charge in [-0.25, -0.2) is 9.52 Å². The van der Waals surface area contributed by atoms with Crippen LogP contribution in [0.5, 0.6) is 0 Å². The van der Waals surface area contributed by atoms with E-state index in [1.54, 1.807) is 18.6 Å². The van der Waals surface area contributed by atoms with Crippen LogP contribution in [0.1, 0.15) is 33.6 Å². The monoisotopic (exact) mass is 308 g/mol. The Morgan fingerprint density at radius 2 is 2.00 bits per heavy atom. The van der Waals surface area contributed by atoms with Gasteiger partial charge in [0.25, 0.3) is 0 Å². The fourth-order valence-electron chi connectivity index (χ4n) is 1.98. The minimum absolute atomic E-state index is 0.174. The Kier molecular flexibility index (Phi) is 4.98. The molecule has 0 saturated carbocycles. The molecule has 1 atom stereocenters. The molecule has 0 spiro atoms. The first-order valence-electron chi connectivity index (χ1n) is 6.29. The number of carbonyl (C=O) groups is 2. The summed E-state index contributed by atoms with van der Waals surface area (Å²) in [6.07, 6.45) is -0.702. The molecule has 0 aromatic rings. The molecule has 1 saturated heterocycles. The van der Waals surface area contributed by atoms with Crippen molar-refractivity contribution in [1.82, 2.24) is 9.03 Å². The molecule has 1 fully saturated rings. The van der Waals surface area contributed by atoms with Gasteiger partial charge in [0.05, 0.1) is 11.5 Å². The van der Waals surface area contributed by atoms with Crippen LogP contribution in [0.4, 0.5) is 4.79 Å². The van der Waals surface area contributed by atoms with Gasteiger partial charge in [0, 0.05) is 13.1 Å². The lowest BCUT2D eigenvalue weighted by atomic mass is 9.83. The first kappa shape index (κ1) is 16.7. The summed E-state index contributed by atoms with van der Waals surface area (Å²) in [7, 11) is -4.09. The minimum atomic E-state index is -4.09. The molecule has 0 radical (unpaired) electrons. The predicted molar refractivity (Wildman–Crippen MR) is 70.2 cm³/mol. The highest BCUT2D eigenvalue weighted by atomic mass is 32.2. The Morgan fingerprint density at radius 1 is 1.40 bits per heavy atom. The van der Waals surface area contributed by atoms with Gasteiger partial charge in [-0.15, -0.1) is 0 Å². The molecule has 1 amide bonds. The fraction of sp³-hybridized carbons (Fsp3) is 0.818. The average molecular weight is 308 g/mol. The third-order valence-electron chi connectivity index (χ3n) is 3.07. The minimum Gasteiger partial charge on any atom is -0.481 e. The number of nitrogens with one attached hydrogen (secondary N) is 1. The zero-order valence-corrected chi connectivity index (χ0v) is 12.6. The highest BCUT2D eigenvalue weighted by molar-refractivity contribution is 7.87. The van der Waals surface area contributed by atoms with Crippen molar-refractivity contribution in [2.24, 2.45) is 5.41 Å². The summed E-state index contributed by atoms with van der Waals surface area (Å²) in [6.45, 7) is 4.67. The van der Waals surface area contributed by atoms with Crippen LogP contribution >= 0.6 is 0 Å². The lowest BCUT2D eigenvalue weighted by Gasteiger charge is -2.36. The second-order valence-electron chi connectivity index (χ2n) is 5.36. The van der Waals surface area contributed by atoms with Crippen molar-refractivity contribution in [2.75, 3.05) is 13.1 Å². The number of amides is 1. The largest absolute Gasteiger partial charge is 0.481 e. The molecule has 0 aromatic heterocycles. The Morgan fingerprint density at radius 3 is 2.50 bits per heavy atom. The molecule has 1 aliphatic rings. The van der Waals surface area contributed by atoms with Gasteiger partial charge < -0.3 is 9.84 Å². The first-order valence-corrected chi connectivity index (χ1v) is 7.73. The molecule has 0 bridgehead atoms. The Labute approximate surface area is 118 Å². The van der Waals surface area contributed by atoms with Gasteiger partial charge in [0.1, 0.15) is 0 Å². The van der Waals surface area contributed by atoms with Crippen molar-refractivity contribution in [3.63, 3.8) is 0 Å². The highest BCUT2D eigenvalue weighted by Crippen LogP contribution is 2.30. The van der Waals surface area contributed by atoms with Crippen LogP contribution in [0.3, 0.4) is 0 Å². The third kappa shape index (κ3) is 4.07. The highest BCUT2D eigenvalue weighted by Gasteiger charge is 2.42. The van der Waals surface area contributed by atoms with Crippen LogP contribution < -0.4 is 4.72 Å².